The van der Waals surface area contributed by atoms with Crippen LogP contribution in [-0.4, -0.2) is 31.6 Å². The zero-order valence-electron chi connectivity index (χ0n) is 10.8. The fraction of sp³-hybridized carbons (Fsp3) is 0.429. The second-order valence-corrected chi connectivity index (χ2v) is 6.65. The summed E-state index contributed by atoms with van der Waals surface area (Å²) in [5.74, 6) is 6.01. The van der Waals surface area contributed by atoms with E-state index >= 15 is 0 Å². The molecule has 1 saturated heterocycles. The monoisotopic (exact) mass is 278 g/mol. The Morgan fingerprint density at radius 1 is 1.21 bits per heavy atom. The van der Waals surface area contributed by atoms with Gasteiger partial charge in [0.15, 0.2) is 0 Å². The van der Waals surface area contributed by atoms with Crippen LogP contribution in [0.4, 0.5) is 0 Å². The predicted molar refractivity (Wildman–Crippen MR) is 75.8 cm³/mol. The lowest BCUT2D eigenvalue weighted by atomic mass is 10.1. The van der Waals surface area contributed by atoms with E-state index in [1.807, 2.05) is 24.3 Å². The van der Waals surface area contributed by atoms with Crippen LogP contribution < -0.4 is 5.73 Å². The Morgan fingerprint density at radius 2 is 1.95 bits per heavy atom. The molecule has 102 valence electrons. The molecule has 1 aliphatic heterocycles. The van der Waals surface area contributed by atoms with Crippen LogP contribution in [0.15, 0.2) is 24.3 Å². The molecule has 0 saturated carbocycles. The van der Waals surface area contributed by atoms with E-state index in [1.165, 1.54) is 0 Å². The van der Waals surface area contributed by atoms with Crippen molar-refractivity contribution in [3.63, 3.8) is 0 Å². The SMILES string of the molecule is NCC#Cc1ccc(CN2CCCCS2(=O)=O)cc1. The number of hydrogen-bond donors (Lipinski definition) is 1. The number of benzene rings is 1. The summed E-state index contributed by atoms with van der Waals surface area (Å²) in [6, 6.07) is 7.64. The van der Waals surface area contributed by atoms with Crippen LogP contribution in [0.3, 0.4) is 0 Å². The van der Waals surface area contributed by atoms with Gasteiger partial charge in [-0.2, -0.15) is 4.31 Å². The molecule has 0 bridgehead atoms. The number of rotatable bonds is 2. The van der Waals surface area contributed by atoms with Gasteiger partial charge in [0.05, 0.1) is 12.3 Å². The number of sulfonamides is 1. The Labute approximate surface area is 114 Å². The lowest BCUT2D eigenvalue weighted by molar-refractivity contribution is 0.378. The molecule has 4 nitrogen and oxygen atoms in total. The first kappa shape index (κ1) is 14.1. The molecule has 2 N–H and O–H groups in total. The molecule has 2 rings (SSSR count). The number of nitrogens with zero attached hydrogens (tertiary/aromatic N) is 1. The van der Waals surface area contributed by atoms with Gasteiger partial charge in [0.1, 0.15) is 0 Å². The normalized spacial score (nSPS) is 18.6. The minimum Gasteiger partial charge on any atom is -0.320 e. The Morgan fingerprint density at radius 3 is 2.58 bits per heavy atom. The van der Waals surface area contributed by atoms with Crippen molar-refractivity contribution in [2.45, 2.75) is 19.4 Å². The summed E-state index contributed by atoms with van der Waals surface area (Å²) in [6.07, 6.45) is 1.71. The smallest absolute Gasteiger partial charge is 0.214 e. The molecule has 5 heteroatoms. The van der Waals surface area contributed by atoms with Gasteiger partial charge in [-0.3, -0.25) is 0 Å². The highest BCUT2D eigenvalue weighted by molar-refractivity contribution is 7.89. The third kappa shape index (κ3) is 3.80. The highest BCUT2D eigenvalue weighted by Gasteiger charge is 2.25. The standard InChI is InChI=1S/C14H18N2O2S/c15-9-3-4-13-5-7-14(8-6-13)12-16-10-1-2-11-19(16,17)18/h5-8H,1-2,9-12,15H2. The van der Waals surface area contributed by atoms with Crippen molar-refractivity contribution in [3.8, 4) is 11.8 Å². The summed E-state index contributed by atoms with van der Waals surface area (Å²) in [5, 5.41) is 0. The Bertz CT molecular complexity index is 582. The fourth-order valence-corrected chi connectivity index (χ4v) is 3.65. The Hall–Kier alpha value is -1.35. The lowest BCUT2D eigenvalue weighted by Crippen LogP contribution is -2.37. The number of hydrogen-bond acceptors (Lipinski definition) is 3. The van der Waals surface area contributed by atoms with Crippen LogP contribution in [0.1, 0.15) is 24.0 Å². The van der Waals surface area contributed by atoms with E-state index in [9.17, 15) is 8.42 Å². The van der Waals surface area contributed by atoms with Gasteiger partial charge in [-0.1, -0.05) is 24.0 Å². The summed E-state index contributed by atoms with van der Waals surface area (Å²) in [7, 11) is -3.06. The molecular weight excluding hydrogens is 260 g/mol. The highest BCUT2D eigenvalue weighted by atomic mass is 32.2. The molecule has 0 amide bonds. The van der Waals surface area contributed by atoms with Gasteiger partial charge in [-0.05, 0) is 30.5 Å². The van der Waals surface area contributed by atoms with Gasteiger partial charge in [0.25, 0.3) is 0 Å². The highest BCUT2D eigenvalue weighted by Crippen LogP contribution is 2.17. The second kappa shape index (κ2) is 6.20. The van der Waals surface area contributed by atoms with Gasteiger partial charge in [-0.15, -0.1) is 0 Å². The zero-order valence-corrected chi connectivity index (χ0v) is 11.6. The van der Waals surface area contributed by atoms with Gasteiger partial charge in [0, 0.05) is 18.7 Å². The first-order valence-corrected chi connectivity index (χ1v) is 7.98. The maximum atomic E-state index is 11.9. The summed E-state index contributed by atoms with van der Waals surface area (Å²) in [5.41, 5.74) is 7.20. The maximum Gasteiger partial charge on any atom is 0.214 e. The van der Waals surface area contributed by atoms with Gasteiger partial charge < -0.3 is 5.73 Å². The van der Waals surface area contributed by atoms with E-state index in [0.717, 1.165) is 24.0 Å². The van der Waals surface area contributed by atoms with Crippen LogP contribution in [0.25, 0.3) is 0 Å². The second-order valence-electron chi connectivity index (χ2n) is 4.56. The summed E-state index contributed by atoms with van der Waals surface area (Å²) in [4.78, 5) is 0. The predicted octanol–water partition coefficient (Wildman–Crippen LogP) is 0.922. The van der Waals surface area contributed by atoms with E-state index in [1.54, 1.807) is 4.31 Å². The Balaban J connectivity index is 2.07. The quantitative estimate of drug-likeness (QED) is 0.818. The molecule has 0 spiro atoms. The van der Waals surface area contributed by atoms with Gasteiger partial charge in [-0.25, -0.2) is 8.42 Å². The summed E-state index contributed by atoms with van der Waals surface area (Å²) >= 11 is 0. The average Bonchev–Trinajstić information content (AvgIpc) is 2.40. The Kier molecular flexibility index (Phi) is 4.59. The largest absolute Gasteiger partial charge is 0.320 e. The first-order chi connectivity index (χ1) is 9.12. The molecule has 0 aliphatic carbocycles. The molecule has 0 aromatic heterocycles. The molecule has 0 atom stereocenters. The van der Waals surface area contributed by atoms with E-state index < -0.39 is 10.0 Å². The van der Waals surface area contributed by atoms with Crippen molar-refractivity contribution in [2.24, 2.45) is 5.73 Å². The minimum atomic E-state index is -3.06. The topological polar surface area (TPSA) is 63.4 Å². The van der Waals surface area contributed by atoms with Gasteiger partial charge >= 0.3 is 0 Å². The fourth-order valence-electron chi connectivity index (χ4n) is 2.07. The van der Waals surface area contributed by atoms with E-state index in [-0.39, 0.29) is 5.75 Å². The van der Waals surface area contributed by atoms with Crippen molar-refractivity contribution >= 4 is 10.0 Å². The minimum absolute atomic E-state index is 0.271. The molecule has 1 fully saturated rings. The van der Waals surface area contributed by atoms with Crippen molar-refractivity contribution in [1.29, 1.82) is 0 Å². The average molecular weight is 278 g/mol. The van der Waals surface area contributed by atoms with E-state index in [2.05, 4.69) is 11.8 Å². The van der Waals surface area contributed by atoms with Crippen LogP contribution in [0.2, 0.25) is 0 Å². The maximum absolute atomic E-state index is 11.9. The molecule has 1 aromatic carbocycles. The zero-order chi connectivity index (χ0) is 13.7. The molecule has 1 aromatic rings. The van der Waals surface area contributed by atoms with Crippen LogP contribution in [0.5, 0.6) is 0 Å². The first-order valence-electron chi connectivity index (χ1n) is 6.37. The van der Waals surface area contributed by atoms with Crippen LogP contribution in [0, 0.1) is 11.8 Å². The van der Waals surface area contributed by atoms with Gasteiger partial charge in [0.2, 0.25) is 10.0 Å². The molecule has 1 aliphatic rings. The third-order valence-electron chi connectivity index (χ3n) is 3.10. The molecule has 1 heterocycles. The lowest BCUT2D eigenvalue weighted by Gasteiger charge is -2.26. The van der Waals surface area contributed by atoms with Crippen LogP contribution >= 0.6 is 0 Å². The number of nitrogens with two attached hydrogens (primary N) is 1. The molecule has 0 radical (unpaired) electrons. The van der Waals surface area contributed by atoms with Crippen molar-refractivity contribution in [2.75, 3.05) is 18.8 Å². The molecule has 19 heavy (non-hydrogen) atoms. The summed E-state index contributed by atoms with van der Waals surface area (Å²) < 4.78 is 25.3. The molecular formula is C14H18N2O2S. The third-order valence-corrected chi connectivity index (χ3v) is 5.00. The van der Waals surface area contributed by atoms with Crippen molar-refractivity contribution < 1.29 is 8.42 Å². The van der Waals surface area contributed by atoms with E-state index in [4.69, 9.17) is 5.73 Å². The van der Waals surface area contributed by atoms with Crippen LogP contribution in [-0.2, 0) is 16.6 Å². The summed E-state index contributed by atoms with van der Waals surface area (Å²) in [6.45, 7) is 1.41. The molecule has 0 unspecified atom stereocenters. The van der Waals surface area contributed by atoms with E-state index in [0.29, 0.717) is 19.6 Å². The van der Waals surface area contributed by atoms with Crippen molar-refractivity contribution in [3.05, 3.63) is 35.4 Å². The van der Waals surface area contributed by atoms with Crippen molar-refractivity contribution in [1.82, 2.24) is 4.31 Å².